The van der Waals surface area contributed by atoms with Crippen molar-refractivity contribution in [1.29, 1.82) is 0 Å². The van der Waals surface area contributed by atoms with Crippen molar-refractivity contribution in [3.63, 3.8) is 0 Å². The van der Waals surface area contributed by atoms with E-state index in [1.54, 1.807) is 42.5 Å². The smallest absolute Gasteiger partial charge is 0.291 e. The van der Waals surface area contributed by atoms with E-state index in [9.17, 15) is 14.7 Å². The fourth-order valence-electron chi connectivity index (χ4n) is 2.49. The summed E-state index contributed by atoms with van der Waals surface area (Å²) in [7, 11) is 0. The van der Waals surface area contributed by atoms with E-state index in [1.165, 1.54) is 24.6 Å². The Morgan fingerprint density at radius 1 is 1.14 bits per heavy atom. The van der Waals surface area contributed by atoms with Crippen LogP contribution in [-0.2, 0) is 0 Å². The number of rotatable bonds is 7. The zero-order chi connectivity index (χ0) is 20.6. The van der Waals surface area contributed by atoms with Crippen LogP contribution in [0, 0.1) is 0 Å². The van der Waals surface area contributed by atoms with Gasteiger partial charge in [-0.05, 0) is 55.0 Å². The minimum atomic E-state index is -0.500. The summed E-state index contributed by atoms with van der Waals surface area (Å²) < 4.78 is 10.4. The number of anilines is 1. The molecule has 0 aliphatic carbocycles. The van der Waals surface area contributed by atoms with Crippen LogP contribution in [0.3, 0.4) is 0 Å². The van der Waals surface area contributed by atoms with Gasteiger partial charge in [0.1, 0.15) is 0 Å². The summed E-state index contributed by atoms with van der Waals surface area (Å²) in [5.74, 6) is -0.481. The molecule has 3 rings (SSSR count). The second-order valence-electron chi connectivity index (χ2n) is 5.84. The molecule has 8 heteroatoms. The highest BCUT2D eigenvalue weighted by Gasteiger charge is 2.15. The molecule has 1 heterocycles. The molecular formula is C21H19N3O5. The highest BCUT2D eigenvalue weighted by molar-refractivity contribution is 6.07. The van der Waals surface area contributed by atoms with Gasteiger partial charge in [0.2, 0.25) is 0 Å². The minimum absolute atomic E-state index is 0.0225. The molecule has 2 amide bonds. The molecule has 0 aliphatic rings. The topological polar surface area (TPSA) is 113 Å². The van der Waals surface area contributed by atoms with Crippen LogP contribution in [0.5, 0.6) is 11.5 Å². The lowest BCUT2D eigenvalue weighted by Gasteiger charge is -2.09. The number of hydrogen-bond donors (Lipinski definition) is 3. The lowest BCUT2D eigenvalue weighted by Crippen LogP contribution is -2.21. The molecule has 1 aromatic heterocycles. The first-order valence-corrected chi connectivity index (χ1v) is 8.81. The molecule has 0 saturated carbocycles. The van der Waals surface area contributed by atoms with E-state index in [1.807, 2.05) is 6.92 Å². The first-order chi connectivity index (χ1) is 14.1. The van der Waals surface area contributed by atoms with E-state index in [4.69, 9.17) is 9.15 Å². The van der Waals surface area contributed by atoms with Gasteiger partial charge in [0.15, 0.2) is 17.3 Å². The monoisotopic (exact) mass is 393 g/mol. The number of hydrogen-bond acceptors (Lipinski definition) is 6. The number of phenols is 1. The third-order valence-corrected chi connectivity index (χ3v) is 3.83. The number of para-hydroxylation sites is 1. The Morgan fingerprint density at radius 3 is 2.72 bits per heavy atom. The molecule has 3 N–H and O–H groups in total. The number of benzene rings is 2. The SMILES string of the molecule is CCOc1cc(/C=N/NC(=O)c2ccccc2NC(=O)c2ccco2)ccc1O. The fourth-order valence-corrected chi connectivity index (χ4v) is 2.49. The number of amides is 2. The number of aromatic hydroxyl groups is 1. The normalized spacial score (nSPS) is 10.7. The predicted octanol–water partition coefficient (Wildman–Crippen LogP) is 3.40. The average Bonchev–Trinajstić information content (AvgIpc) is 3.26. The lowest BCUT2D eigenvalue weighted by atomic mass is 10.1. The summed E-state index contributed by atoms with van der Waals surface area (Å²) in [5.41, 5.74) is 3.61. The molecule has 29 heavy (non-hydrogen) atoms. The van der Waals surface area contributed by atoms with E-state index < -0.39 is 11.8 Å². The summed E-state index contributed by atoms with van der Waals surface area (Å²) in [4.78, 5) is 24.6. The largest absolute Gasteiger partial charge is 0.504 e. The quantitative estimate of drug-likeness (QED) is 0.421. The molecule has 2 aromatic carbocycles. The lowest BCUT2D eigenvalue weighted by molar-refractivity contribution is 0.0956. The van der Waals surface area contributed by atoms with Gasteiger partial charge in [-0.15, -0.1) is 0 Å². The number of nitrogens with one attached hydrogen (secondary N) is 2. The number of carbonyl (C=O) groups excluding carboxylic acids is 2. The zero-order valence-electron chi connectivity index (χ0n) is 15.6. The number of phenolic OH excluding ortho intramolecular Hbond substituents is 1. The van der Waals surface area contributed by atoms with Crippen LogP contribution < -0.4 is 15.5 Å². The molecule has 8 nitrogen and oxygen atoms in total. The van der Waals surface area contributed by atoms with Crippen LogP contribution in [-0.4, -0.2) is 29.7 Å². The fraction of sp³-hybridized carbons (Fsp3) is 0.0952. The van der Waals surface area contributed by atoms with Gasteiger partial charge in [0, 0.05) is 0 Å². The summed E-state index contributed by atoms with van der Waals surface area (Å²) in [6.07, 6.45) is 2.81. The molecule has 0 aliphatic heterocycles. The van der Waals surface area contributed by atoms with Gasteiger partial charge in [0.25, 0.3) is 11.8 Å². The Hall–Kier alpha value is -4.07. The molecule has 0 spiro atoms. The summed E-state index contributed by atoms with van der Waals surface area (Å²) in [6, 6.07) is 14.4. The van der Waals surface area contributed by atoms with E-state index in [0.29, 0.717) is 23.6 Å². The molecule has 0 saturated heterocycles. The van der Waals surface area contributed by atoms with E-state index in [-0.39, 0.29) is 17.1 Å². The van der Waals surface area contributed by atoms with E-state index in [0.717, 1.165) is 0 Å². The molecular weight excluding hydrogens is 374 g/mol. The second kappa shape index (κ2) is 9.23. The summed E-state index contributed by atoms with van der Waals surface area (Å²) in [5, 5.41) is 16.3. The summed E-state index contributed by atoms with van der Waals surface area (Å²) in [6.45, 7) is 2.22. The van der Waals surface area contributed by atoms with E-state index in [2.05, 4.69) is 15.8 Å². The second-order valence-corrected chi connectivity index (χ2v) is 5.84. The van der Waals surface area contributed by atoms with Gasteiger partial charge in [-0.3, -0.25) is 9.59 Å². The first kappa shape index (κ1) is 19.7. The van der Waals surface area contributed by atoms with Crippen LogP contribution in [0.25, 0.3) is 0 Å². The summed E-state index contributed by atoms with van der Waals surface area (Å²) >= 11 is 0. The Morgan fingerprint density at radius 2 is 1.97 bits per heavy atom. The van der Waals surface area contributed by atoms with Crippen LogP contribution in [0.15, 0.2) is 70.4 Å². The van der Waals surface area contributed by atoms with Crippen LogP contribution >= 0.6 is 0 Å². The van der Waals surface area contributed by atoms with E-state index >= 15 is 0 Å². The van der Waals surface area contributed by atoms with Crippen molar-refractivity contribution in [2.45, 2.75) is 6.92 Å². The van der Waals surface area contributed by atoms with Gasteiger partial charge in [-0.1, -0.05) is 12.1 Å². The number of furan rings is 1. The molecule has 3 aromatic rings. The van der Waals surface area contributed by atoms with Gasteiger partial charge in [-0.25, -0.2) is 5.43 Å². The van der Waals surface area contributed by atoms with Crippen molar-refractivity contribution in [3.8, 4) is 11.5 Å². The van der Waals surface area contributed by atoms with Crippen molar-refractivity contribution >= 4 is 23.7 Å². The first-order valence-electron chi connectivity index (χ1n) is 8.81. The third kappa shape index (κ3) is 5.01. The number of nitrogens with zero attached hydrogens (tertiary/aromatic N) is 1. The molecule has 0 radical (unpaired) electrons. The zero-order valence-corrected chi connectivity index (χ0v) is 15.6. The highest BCUT2D eigenvalue weighted by atomic mass is 16.5. The number of hydrazone groups is 1. The van der Waals surface area contributed by atoms with Gasteiger partial charge < -0.3 is 19.6 Å². The Balaban J connectivity index is 1.69. The van der Waals surface area contributed by atoms with Crippen LogP contribution in [0.4, 0.5) is 5.69 Å². The third-order valence-electron chi connectivity index (χ3n) is 3.83. The van der Waals surface area contributed by atoms with Crippen molar-refractivity contribution < 1.29 is 23.8 Å². The van der Waals surface area contributed by atoms with Crippen molar-refractivity contribution in [2.24, 2.45) is 5.10 Å². The van der Waals surface area contributed by atoms with Crippen LogP contribution in [0.1, 0.15) is 33.4 Å². The van der Waals surface area contributed by atoms with Gasteiger partial charge >= 0.3 is 0 Å². The van der Waals surface area contributed by atoms with Crippen molar-refractivity contribution in [3.05, 3.63) is 77.7 Å². The van der Waals surface area contributed by atoms with Gasteiger partial charge in [0.05, 0.1) is 30.3 Å². The molecule has 0 fully saturated rings. The van der Waals surface area contributed by atoms with Crippen molar-refractivity contribution in [2.75, 3.05) is 11.9 Å². The number of carbonyl (C=O) groups is 2. The van der Waals surface area contributed by atoms with Gasteiger partial charge in [-0.2, -0.15) is 5.10 Å². The van der Waals surface area contributed by atoms with Crippen molar-refractivity contribution in [1.82, 2.24) is 5.43 Å². The molecule has 0 atom stereocenters. The Kier molecular flexibility index (Phi) is 6.26. The van der Waals surface area contributed by atoms with Crippen LogP contribution in [0.2, 0.25) is 0 Å². The maximum absolute atomic E-state index is 12.5. The minimum Gasteiger partial charge on any atom is -0.504 e. The molecule has 0 bridgehead atoms. The predicted molar refractivity (Wildman–Crippen MR) is 107 cm³/mol. The Bertz CT molecular complexity index is 1030. The Labute approximate surface area is 166 Å². The maximum atomic E-state index is 12.5. The standard InChI is InChI=1S/C21H19N3O5/c1-2-28-19-12-14(9-10-17(19)25)13-22-24-20(26)15-6-3-4-7-16(15)23-21(27)18-8-5-11-29-18/h3-13,25H,2H2,1H3,(H,23,27)(H,24,26)/b22-13+. The molecule has 148 valence electrons. The molecule has 0 unspecified atom stereocenters. The maximum Gasteiger partial charge on any atom is 0.291 e. The highest BCUT2D eigenvalue weighted by Crippen LogP contribution is 2.26. The average molecular weight is 393 g/mol. The number of ether oxygens (including phenoxy) is 1.